The number of ketones is 1. The van der Waals surface area contributed by atoms with Gasteiger partial charge in [0.1, 0.15) is 17.9 Å². The average molecular weight is 399 g/mol. The predicted molar refractivity (Wildman–Crippen MR) is 103 cm³/mol. The molecule has 0 amide bonds. The van der Waals surface area contributed by atoms with Crippen molar-refractivity contribution in [3.05, 3.63) is 45.1 Å². The van der Waals surface area contributed by atoms with Gasteiger partial charge in [0.2, 0.25) is 0 Å². The number of Topliss-reactive ketones (excluding diaryl/α,β-unsaturated/α-hetero) is 1. The zero-order chi connectivity index (χ0) is 18.9. The molecule has 4 nitrogen and oxygen atoms in total. The highest BCUT2D eigenvalue weighted by atomic mass is 35.5. The maximum absolute atomic E-state index is 11.9. The molecule has 6 heteroatoms. The van der Waals surface area contributed by atoms with Crippen LogP contribution in [0.4, 0.5) is 0 Å². The van der Waals surface area contributed by atoms with E-state index in [0.29, 0.717) is 10.0 Å². The SMILES string of the molecule is O=C(CCCCCCCCCc1ccc(Cl)c(Cl)c1)C1=C(O)COC1=O. The maximum atomic E-state index is 11.9. The van der Waals surface area contributed by atoms with Gasteiger partial charge >= 0.3 is 5.97 Å². The summed E-state index contributed by atoms with van der Waals surface area (Å²) in [6.45, 7) is -0.178. The van der Waals surface area contributed by atoms with Crippen molar-refractivity contribution in [2.45, 2.75) is 57.8 Å². The van der Waals surface area contributed by atoms with E-state index in [1.807, 2.05) is 18.2 Å². The van der Waals surface area contributed by atoms with Crippen LogP contribution in [-0.2, 0) is 20.7 Å². The van der Waals surface area contributed by atoms with Crippen molar-refractivity contribution in [2.24, 2.45) is 0 Å². The summed E-state index contributed by atoms with van der Waals surface area (Å²) < 4.78 is 4.63. The molecule has 1 heterocycles. The molecule has 0 saturated heterocycles. The van der Waals surface area contributed by atoms with Crippen LogP contribution in [0.15, 0.2) is 29.5 Å². The molecule has 0 fully saturated rings. The van der Waals surface area contributed by atoms with Crippen molar-refractivity contribution < 1.29 is 19.4 Å². The third kappa shape index (κ3) is 6.33. The Morgan fingerprint density at radius 2 is 1.65 bits per heavy atom. The molecule has 1 aliphatic heterocycles. The first kappa shape index (κ1) is 20.8. The summed E-state index contributed by atoms with van der Waals surface area (Å²) >= 11 is 11.9. The van der Waals surface area contributed by atoms with E-state index in [4.69, 9.17) is 23.2 Å². The van der Waals surface area contributed by atoms with Crippen molar-refractivity contribution in [2.75, 3.05) is 6.61 Å². The van der Waals surface area contributed by atoms with Gasteiger partial charge in [-0.05, 0) is 37.0 Å². The molecule has 1 aliphatic rings. The number of esters is 1. The molecule has 0 aliphatic carbocycles. The van der Waals surface area contributed by atoms with E-state index in [1.54, 1.807) is 0 Å². The summed E-state index contributed by atoms with van der Waals surface area (Å²) in [6.07, 6.45) is 8.59. The number of hydrogen-bond donors (Lipinski definition) is 1. The molecule has 0 bridgehead atoms. The fourth-order valence-corrected chi connectivity index (χ4v) is 3.31. The first-order valence-electron chi connectivity index (χ1n) is 9.05. The molecular formula is C20H24Cl2O4. The van der Waals surface area contributed by atoms with Crippen LogP contribution in [0.25, 0.3) is 0 Å². The molecule has 1 aromatic rings. The lowest BCUT2D eigenvalue weighted by Crippen LogP contribution is -2.10. The topological polar surface area (TPSA) is 63.6 Å². The Morgan fingerprint density at radius 1 is 1.00 bits per heavy atom. The van der Waals surface area contributed by atoms with E-state index >= 15 is 0 Å². The van der Waals surface area contributed by atoms with Gasteiger partial charge in [0.25, 0.3) is 0 Å². The number of rotatable bonds is 11. The van der Waals surface area contributed by atoms with E-state index in [1.165, 1.54) is 5.56 Å². The first-order valence-corrected chi connectivity index (χ1v) is 9.81. The minimum atomic E-state index is -0.700. The summed E-state index contributed by atoms with van der Waals surface area (Å²) in [4.78, 5) is 23.2. The number of carbonyl (C=O) groups excluding carboxylic acids is 2. The molecule has 2 rings (SSSR count). The van der Waals surface area contributed by atoms with Gasteiger partial charge in [0.05, 0.1) is 10.0 Å². The molecule has 26 heavy (non-hydrogen) atoms. The highest BCUT2D eigenvalue weighted by Gasteiger charge is 2.29. The minimum absolute atomic E-state index is 0.160. The fraction of sp³-hybridized carbons (Fsp3) is 0.500. The monoisotopic (exact) mass is 398 g/mol. The number of ether oxygens (including phenoxy) is 1. The smallest absolute Gasteiger partial charge is 0.345 e. The lowest BCUT2D eigenvalue weighted by atomic mass is 10.0. The van der Waals surface area contributed by atoms with Gasteiger partial charge in [-0.1, -0.05) is 61.4 Å². The van der Waals surface area contributed by atoms with Crippen molar-refractivity contribution in [1.82, 2.24) is 0 Å². The van der Waals surface area contributed by atoms with Crippen molar-refractivity contribution in [3.8, 4) is 0 Å². The summed E-state index contributed by atoms with van der Waals surface area (Å²) in [5, 5.41) is 10.7. The van der Waals surface area contributed by atoms with Crippen LogP contribution in [0.5, 0.6) is 0 Å². The Labute approximate surface area is 164 Å². The Balaban J connectivity index is 1.49. The molecule has 1 aromatic carbocycles. The number of carbonyl (C=O) groups is 2. The van der Waals surface area contributed by atoms with Crippen LogP contribution in [0.1, 0.15) is 56.9 Å². The summed E-state index contributed by atoms with van der Waals surface area (Å²) in [7, 11) is 0. The molecule has 1 N–H and O–H groups in total. The van der Waals surface area contributed by atoms with Crippen LogP contribution in [-0.4, -0.2) is 23.5 Å². The number of aliphatic hydroxyl groups is 1. The standard InChI is InChI=1S/C20H24Cl2O4/c21-15-11-10-14(12-16(15)22)8-6-4-2-1-3-5-7-9-17(23)19-18(24)13-26-20(19)25/h10-12,24H,1-9,13H2. The van der Waals surface area contributed by atoms with Crippen molar-refractivity contribution >= 4 is 35.0 Å². The highest BCUT2D eigenvalue weighted by Crippen LogP contribution is 2.23. The number of benzene rings is 1. The summed E-state index contributed by atoms with van der Waals surface area (Å²) in [5.74, 6) is -1.25. The van der Waals surface area contributed by atoms with Gasteiger partial charge in [0, 0.05) is 6.42 Å². The number of unbranched alkanes of at least 4 members (excludes halogenated alkanes) is 6. The van der Waals surface area contributed by atoms with E-state index < -0.39 is 5.97 Å². The molecular weight excluding hydrogens is 375 g/mol. The van der Waals surface area contributed by atoms with E-state index in [2.05, 4.69) is 4.74 Å². The zero-order valence-corrected chi connectivity index (χ0v) is 16.2. The number of halogens is 2. The third-order valence-electron chi connectivity index (χ3n) is 4.46. The quantitative estimate of drug-likeness (QED) is 0.299. The Bertz CT molecular complexity index is 682. The molecule has 0 aromatic heterocycles. The van der Waals surface area contributed by atoms with Crippen LogP contribution in [0.3, 0.4) is 0 Å². The van der Waals surface area contributed by atoms with Gasteiger partial charge in [-0.25, -0.2) is 4.79 Å². The first-order chi connectivity index (χ1) is 12.5. The Morgan fingerprint density at radius 3 is 2.27 bits per heavy atom. The number of aryl methyl sites for hydroxylation is 1. The lowest BCUT2D eigenvalue weighted by molar-refractivity contribution is -0.137. The van der Waals surface area contributed by atoms with Crippen molar-refractivity contribution in [3.63, 3.8) is 0 Å². The van der Waals surface area contributed by atoms with Gasteiger partial charge in [0.15, 0.2) is 5.78 Å². The third-order valence-corrected chi connectivity index (χ3v) is 5.20. The normalized spacial score (nSPS) is 14.0. The second kappa shape index (κ2) is 10.6. The second-order valence-corrected chi connectivity index (χ2v) is 7.36. The zero-order valence-electron chi connectivity index (χ0n) is 14.7. The largest absolute Gasteiger partial charge is 0.508 e. The van der Waals surface area contributed by atoms with E-state index in [0.717, 1.165) is 51.4 Å². The summed E-state index contributed by atoms with van der Waals surface area (Å²) in [6, 6.07) is 5.77. The highest BCUT2D eigenvalue weighted by molar-refractivity contribution is 6.42. The molecule has 0 radical (unpaired) electrons. The molecule has 0 atom stereocenters. The minimum Gasteiger partial charge on any atom is -0.508 e. The van der Waals surface area contributed by atoms with Crippen LogP contribution < -0.4 is 0 Å². The van der Waals surface area contributed by atoms with E-state index in [9.17, 15) is 14.7 Å². The summed E-state index contributed by atoms with van der Waals surface area (Å²) in [5.41, 5.74) is 1.05. The van der Waals surface area contributed by atoms with Gasteiger partial charge in [-0.2, -0.15) is 0 Å². The van der Waals surface area contributed by atoms with Crippen LogP contribution in [0.2, 0.25) is 10.0 Å². The Hall–Kier alpha value is -1.52. The van der Waals surface area contributed by atoms with Crippen LogP contribution in [0, 0.1) is 0 Å². The number of cyclic esters (lactones) is 1. The number of aliphatic hydroxyl groups excluding tert-OH is 1. The maximum Gasteiger partial charge on any atom is 0.345 e. The number of hydrogen-bond acceptors (Lipinski definition) is 4. The predicted octanol–water partition coefficient (Wildman–Crippen LogP) is 5.59. The van der Waals surface area contributed by atoms with E-state index in [-0.39, 0.29) is 30.1 Å². The molecule has 0 spiro atoms. The van der Waals surface area contributed by atoms with Gasteiger partial charge in [-0.15, -0.1) is 0 Å². The van der Waals surface area contributed by atoms with Crippen molar-refractivity contribution in [1.29, 1.82) is 0 Å². The second-order valence-electron chi connectivity index (χ2n) is 6.54. The van der Waals surface area contributed by atoms with Gasteiger partial charge < -0.3 is 9.84 Å². The molecule has 0 unspecified atom stereocenters. The lowest BCUT2D eigenvalue weighted by Gasteiger charge is -2.04. The molecule has 142 valence electrons. The van der Waals surface area contributed by atoms with Gasteiger partial charge in [-0.3, -0.25) is 4.79 Å². The Kier molecular flexibility index (Phi) is 8.46. The average Bonchev–Trinajstić information content (AvgIpc) is 2.95. The molecule has 0 saturated carbocycles. The van der Waals surface area contributed by atoms with Crippen LogP contribution >= 0.6 is 23.2 Å². The fourth-order valence-electron chi connectivity index (χ4n) is 2.99.